The van der Waals surface area contributed by atoms with Crippen LogP contribution in [0.25, 0.3) is 0 Å². The van der Waals surface area contributed by atoms with Crippen LogP contribution in [-0.4, -0.2) is 25.7 Å². The molecule has 0 saturated carbocycles. The smallest absolute Gasteiger partial charge is 0.251 e. The fraction of sp³-hybridized carbons (Fsp3) is 0.429. The summed E-state index contributed by atoms with van der Waals surface area (Å²) in [7, 11) is 4.01. The number of hydrogen-bond acceptors (Lipinski definition) is 4. The Morgan fingerprint density at radius 3 is 2.77 bits per heavy atom. The van der Waals surface area contributed by atoms with Gasteiger partial charge in [-0.05, 0) is 0 Å². The molecule has 2 rings (SSSR count). The second kappa shape index (κ2) is 3.26. The molecular formula is C7H12ClN5. The van der Waals surface area contributed by atoms with Crippen LogP contribution in [0.15, 0.2) is 6.33 Å². The molecule has 1 aromatic rings. The molecule has 1 aliphatic rings. The molecule has 1 aromatic heterocycles. The predicted molar refractivity (Wildman–Crippen MR) is 46.9 cm³/mol. The van der Waals surface area contributed by atoms with Crippen molar-refractivity contribution in [3.8, 4) is 0 Å². The Hall–Kier alpha value is -1.23. The number of aromatic nitrogens is 2. The van der Waals surface area contributed by atoms with E-state index in [1.165, 1.54) is 0 Å². The molecule has 0 aliphatic carbocycles. The molecule has 0 amide bonds. The van der Waals surface area contributed by atoms with E-state index in [0.717, 1.165) is 18.2 Å². The van der Waals surface area contributed by atoms with Crippen LogP contribution >= 0.6 is 0 Å². The Balaban J connectivity index is 0.000000845. The summed E-state index contributed by atoms with van der Waals surface area (Å²) < 4.78 is 0. The topological polar surface area (TPSA) is 59.5 Å². The number of halogens is 1. The highest BCUT2D eigenvalue weighted by Gasteiger charge is 2.29. The van der Waals surface area contributed by atoms with E-state index in [0.29, 0.717) is 5.82 Å². The first-order valence-corrected chi connectivity index (χ1v) is 3.78. The molecule has 3 N–H and O–H groups in total. The monoisotopic (exact) mass is 201 g/mol. The van der Waals surface area contributed by atoms with Crippen molar-refractivity contribution in [3.05, 3.63) is 6.33 Å². The molecule has 0 radical (unpaired) electrons. The third kappa shape index (κ3) is 1.35. The lowest BCUT2D eigenvalue weighted by molar-refractivity contribution is -0.366. The van der Waals surface area contributed by atoms with Gasteiger partial charge in [0, 0.05) is 7.05 Å². The molecule has 0 unspecified atom stereocenters. The molecule has 6 heteroatoms. The van der Waals surface area contributed by atoms with Crippen molar-refractivity contribution in [1.29, 1.82) is 0 Å². The van der Waals surface area contributed by atoms with Gasteiger partial charge in [0.2, 0.25) is 12.1 Å². The number of aromatic amines is 1. The fourth-order valence-corrected chi connectivity index (χ4v) is 1.54. The van der Waals surface area contributed by atoms with Gasteiger partial charge in [0.25, 0.3) is 5.82 Å². The van der Waals surface area contributed by atoms with Crippen LogP contribution in [0.3, 0.4) is 0 Å². The Bertz CT molecular complexity index is 316. The fourth-order valence-electron chi connectivity index (χ4n) is 1.54. The number of hydrogen-bond donors (Lipinski definition) is 1. The number of nitrogens with zero attached hydrogens (tertiary/aromatic N) is 3. The summed E-state index contributed by atoms with van der Waals surface area (Å²) in [6.07, 6.45) is 1.61. The van der Waals surface area contributed by atoms with E-state index in [4.69, 9.17) is 5.73 Å². The van der Waals surface area contributed by atoms with Crippen LogP contribution in [0.5, 0.6) is 0 Å². The predicted octanol–water partition coefficient (Wildman–Crippen LogP) is -3.67. The van der Waals surface area contributed by atoms with Gasteiger partial charge in [-0.15, -0.1) is 0 Å². The average molecular weight is 202 g/mol. The van der Waals surface area contributed by atoms with E-state index in [1.54, 1.807) is 6.33 Å². The molecule has 0 spiro atoms. The zero-order valence-electron chi connectivity index (χ0n) is 7.58. The first-order valence-electron chi connectivity index (χ1n) is 3.78. The normalized spacial score (nSPS) is 14.0. The van der Waals surface area contributed by atoms with E-state index in [2.05, 4.69) is 19.8 Å². The van der Waals surface area contributed by atoms with Crippen molar-refractivity contribution in [2.24, 2.45) is 0 Å². The zero-order chi connectivity index (χ0) is 8.72. The summed E-state index contributed by atoms with van der Waals surface area (Å²) in [4.78, 5) is 11.2. The summed E-state index contributed by atoms with van der Waals surface area (Å²) in [5.41, 5.74) is 6.71. The molecule has 0 fully saturated rings. The molecule has 13 heavy (non-hydrogen) atoms. The first kappa shape index (κ1) is 9.85. The quantitative estimate of drug-likeness (QED) is 0.470. The zero-order valence-corrected chi connectivity index (χ0v) is 8.34. The maximum absolute atomic E-state index is 5.73. The summed E-state index contributed by atoms with van der Waals surface area (Å²) in [6.45, 7) is 0.849. The minimum atomic E-state index is 0. The van der Waals surface area contributed by atoms with Crippen molar-refractivity contribution in [2.45, 2.75) is 0 Å². The van der Waals surface area contributed by atoms with Gasteiger partial charge in [0.1, 0.15) is 6.67 Å². The Kier molecular flexibility index (Phi) is 2.47. The van der Waals surface area contributed by atoms with Crippen molar-refractivity contribution in [1.82, 2.24) is 4.98 Å². The number of fused-ring (bicyclic) bond motifs is 1. The highest BCUT2D eigenvalue weighted by atomic mass is 35.5. The number of nitrogens with two attached hydrogens (primary N) is 1. The third-order valence-electron chi connectivity index (χ3n) is 2.06. The summed E-state index contributed by atoms with van der Waals surface area (Å²) in [5.74, 6) is 1.61. The average Bonchev–Trinajstić information content (AvgIpc) is 2.29. The van der Waals surface area contributed by atoms with Crippen LogP contribution in [0, 0.1) is 0 Å². The largest absolute Gasteiger partial charge is 1.00 e. The summed E-state index contributed by atoms with van der Waals surface area (Å²) in [6, 6.07) is 0. The van der Waals surface area contributed by atoms with Gasteiger partial charge in [-0.25, -0.2) is 4.98 Å². The van der Waals surface area contributed by atoms with Gasteiger partial charge in [0.05, 0.1) is 7.05 Å². The lowest BCUT2D eigenvalue weighted by Gasteiger charge is -2.07. The van der Waals surface area contributed by atoms with E-state index in [9.17, 15) is 0 Å². The minimum absolute atomic E-state index is 0. The maximum Gasteiger partial charge on any atom is 0.251 e. The number of H-pyrrole nitrogens is 1. The molecule has 5 nitrogen and oxygen atoms in total. The Labute approximate surface area is 83.0 Å². The number of nitrogen functional groups attached to an aromatic ring is 1. The molecule has 1 aliphatic heterocycles. The number of anilines is 3. The summed E-state index contributed by atoms with van der Waals surface area (Å²) >= 11 is 0. The van der Waals surface area contributed by atoms with E-state index >= 15 is 0 Å². The molecule has 0 aromatic carbocycles. The molecule has 0 atom stereocenters. The van der Waals surface area contributed by atoms with E-state index < -0.39 is 0 Å². The highest BCUT2D eigenvalue weighted by molar-refractivity contribution is 5.78. The van der Waals surface area contributed by atoms with Gasteiger partial charge in [-0.3, -0.25) is 4.90 Å². The lowest BCUT2D eigenvalue weighted by Crippen LogP contribution is -3.00. The van der Waals surface area contributed by atoms with Gasteiger partial charge in [-0.2, -0.15) is 0 Å². The van der Waals surface area contributed by atoms with Crippen molar-refractivity contribution >= 4 is 17.3 Å². The van der Waals surface area contributed by atoms with Gasteiger partial charge < -0.3 is 23.0 Å². The van der Waals surface area contributed by atoms with E-state index in [-0.39, 0.29) is 12.4 Å². The van der Waals surface area contributed by atoms with Crippen LogP contribution in [0.4, 0.5) is 17.3 Å². The van der Waals surface area contributed by atoms with Crippen molar-refractivity contribution in [3.63, 3.8) is 0 Å². The Morgan fingerprint density at radius 2 is 2.15 bits per heavy atom. The van der Waals surface area contributed by atoms with Gasteiger partial charge in [0.15, 0.2) is 5.69 Å². The van der Waals surface area contributed by atoms with Crippen LogP contribution in [0.1, 0.15) is 0 Å². The second-order valence-electron chi connectivity index (χ2n) is 3.02. The van der Waals surface area contributed by atoms with Gasteiger partial charge >= 0.3 is 0 Å². The molecule has 0 bridgehead atoms. The van der Waals surface area contributed by atoms with Crippen molar-refractivity contribution in [2.75, 3.05) is 36.3 Å². The summed E-state index contributed by atoms with van der Waals surface area (Å²) in [5, 5.41) is 0. The van der Waals surface area contributed by atoms with Crippen LogP contribution in [-0.2, 0) is 0 Å². The standard InChI is InChI=1S/C7H11N5.ClH/c1-11-4-12(2)7-5(11)6(8)9-3-10-7;/h3H,4H2,1-2H3,(H2,8,9,10);1H. The maximum atomic E-state index is 5.73. The minimum Gasteiger partial charge on any atom is -1.00 e. The highest BCUT2D eigenvalue weighted by Crippen LogP contribution is 2.32. The molecule has 72 valence electrons. The molecule has 0 saturated heterocycles. The molecule has 2 heterocycles. The molecular weight excluding hydrogens is 190 g/mol. The lowest BCUT2D eigenvalue weighted by atomic mass is 10.4. The third-order valence-corrected chi connectivity index (χ3v) is 2.06. The first-order chi connectivity index (χ1) is 5.70. The van der Waals surface area contributed by atoms with Crippen LogP contribution < -0.4 is 32.9 Å². The van der Waals surface area contributed by atoms with Crippen molar-refractivity contribution < 1.29 is 17.4 Å². The SMILES string of the molecule is CN1CN(C)c2c(N)nc[nH+]c21.[Cl-]. The van der Waals surface area contributed by atoms with Crippen LogP contribution in [0.2, 0.25) is 0 Å². The number of rotatable bonds is 0. The Morgan fingerprint density at radius 1 is 1.46 bits per heavy atom. The van der Waals surface area contributed by atoms with E-state index in [1.807, 2.05) is 14.1 Å². The second-order valence-corrected chi connectivity index (χ2v) is 3.02. The number of nitrogens with one attached hydrogen (secondary N) is 1. The van der Waals surface area contributed by atoms with Gasteiger partial charge in [-0.1, -0.05) is 4.98 Å².